The average Bonchev–Trinajstić information content (AvgIpc) is 2.30. The second-order valence-electron chi connectivity index (χ2n) is 3.87. The van der Waals surface area contributed by atoms with Gasteiger partial charge in [-0.3, -0.25) is 4.98 Å². The first-order valence-corrected chi connectivity index (χ1v) is 5.37. The zero-order chi connectivity index (χ0) is 9.80. The van der Waals surface area contributed by atoms with Gasteiger partial charge in [-0.2, -0.15) is 0 Å². The molecule has 0 aromatic carbocycles. The highest BCUT2D eigenvalue weighted by atomic mass is 15.0. The zero-order valence-corrected chi connectivity index (χ0v) is 8.74. The Morgan fingerprint density at radius 2 is 1.79 bits per heavy atom. The molecule has 2 heteroatoms. The zero-order valence-electron chi connectivity index (χ0n) is 8.74. The van der Waals surface area contributed by atoms with Gasteiger partial charge in [0.2, 0.25) is 0 Å². The highest BCUT2D eigenvalue weighted by molar-refractivity contribution is 5.94. The Bertz CT molecular complexity index is 319. The molecule has 1 saturated heterocycles. The van der Waals surface area contributed by atoms with E-state index in [0.29, 0.717) is 0 Å². The predicted molar refractivity (Wildman–Crippen MR) is 57.9 cm³/mol. The van der Waals surface area contributed by atoms with Crippen molar-refractivity contribution >= 4 is 5.71 Å². The van der Waals surface area contributed by atoms with Crippen LogP contribution in [0.5, 0.6) is 0 Å². The largest absolute Gasteiger partial charge is 0.265 e. The Morgan fingerprint density at radius 3 is 2.43 bits per heavy atom. The van der Waals surface area contributed by atoms with Crippen molar-refractivity contribution in [2.75, 3.05) is 13.1 Å². The van der Waals surface area contributed by atoms with Crippen LogP contribution in [0.25, 0.3) is 0 Å². The van der Waals surface area contributed by atoms with Crippen molar-refractivity contribution in [1.29, 1.82) is 0 Å². The molecule has 0 amide bonds. The van der Waals surface area contributed by atoms with Gasteiger partial charge in [-0.1, -0.05) is 0 Å². The Kier molecular flexibility index (Phi) is 2.92. The molecular formula is C12H17N2+. The van der Waals surface area contributed by atoms with Gasteiger partial charge in [-0.25, -0.2) is 4.58 Å². The first kappa shape index (κ1) is 9.38. The number of nitrogens with zero attached hydrogens (tertiary/aromatic N) is 2. The minimum Gasteiger partial charge on any atom is -0.265 e. The lowest BCUT2D eigenvalue weighted by molar-refractivity contribution is -0.537. The van der Waals surface area contributed by atoms with Crippen LogP contribution < -0.4 is 0 Å². The van der Waals surface area contributed by atoms with Crippen LogP contribution in [0.15, 0.2) is 24.5 Å². The highest BCUT2D eigenvalue weighted by Gasteiger charge is 2.15. The first-order chi connectivity index (χ1) is 6.88. The Balaban J connectivity index is 2.25. The molecule has 1 aliphatic heterocycles. The molecule has 0 bridgehead atoms. The van der Waals surface area contributed by atoms with Crippen molar-refractivity contribution in [2.45, 2.75) is 26.2 Å². The van der Waals surface area contributed by atoms with Gasteiger partial charge in [0, 0.05) is 37.7 Å². The summed E-state index contributed by atoms with van der Waals surface area (Å²) in [6, 6.07) is 4.17. The van der Waals surface area contributed by atoms with Gasteiger partial charge in [-0.15, -0.1) is 0 Å². The molecule has 2 nitrogen and oxygen atoms in total. The van der Waals surface area contributed by atoms with E-state index in [1.54, 1.807) is 0 Å². The van der Waals surface area contributed by atoms with Crippen LogP contribution in [0.4, 0.5) is 0 Å². The molecule has 2 heterocycles. The third-order valence-electron chi connectivity index (χ3n) is 2.93. The van der Waals surface area contributed by atoms with Gasteiger partial charge in [0.05, 0.1) is 0 Å². The van der Waals surface area contributed by atoms with Gasteiger partial charge in [0.25, 0.3) is 0 Å². The highest BCUT2D eigenvalue weighted by Crippen LogP contribution is 2.07. The van der Waals surface area contributed by atoms with E-state index in [1.165, 1.54) is 43.6 Å². The Morgan fingerprint density at radius 1 is 1.14 bits per heavy atom. The van der Waals surface area contributed by atoms with Crippen molar-refractivity contribution in [3.63, 3.8) is 0 Å². The minimum absolute atomic E-state index is 1.22. The van der Waals surface area contributed by atoms with Crippen LogP contribution in [0.3, 0.4) is 0 Å². The summed E-state index contributed by atoms with van der Waals surface area (Å²) in [5.41, 5.74) is 2.70. The molecule has 0 radical (unpaired) electrons. The third-order valence-corrected chi connectivity index (χ3v) is 2.93. The molecule has 74 valence electrons. The van der Waals surface area contributed by atoms with Crippen LogP contribution in [-0.2, 0) is 0 Å². The lowest BCUT2D eigenvalue weighted by atomic mass is 10.1. The third kappa shape index (κ3) is 2.00. The number of aromatic nitrogens is 1. The van der Waals surface area contributed by atoms with Gasteiger partial charge in [-0.05, 0) is 18.6 Å². The molecular weight excluding hydrogens is 172 g/mol. The molecule has 0 atom stereocenters. The fraction of sp³-hybridized carbons (Fsp3) is 0.500. The fourth-order valence-electron chi connectivity index (χ4n) is 2.01. The number of pyridine rings is 1. The second-order valence-corrected chi connectivity index (χ2v) is 3.87. The monoisotopic (exact) mass is 189 g/mol. The van der Waals surface area contributed by atoms with E-state index in [2.05, 4.69) is 28.6 Å². The molecule has 1 fully saturated rings. The molecule has 1 aromatic rings. The molecule has 0 aliphatic carbocycles. The Hall–Kier alpha value is -1.18. The topological polar surface area (TPSA) is 15.9 Å². The molecule has 2 rings (SSSR count). The van der Waals surface area contributed by atoms with Crippen molar-refractivity contribution in [1.82, 2.24) is 4.98 Å². The summed E-state index contributed by atoms with van der Waals surface area (Å²) in [5, 5.41) is 0. The van der Waals surface area contributed by atoms with E-state index in [1.807, 2.05) is 12.4 Å². The summed E-state index contributed by atoms with van der Waals surface area (Å²) in [5.74, 6) is 0. The summed E-state index contributed by atoms with van der Waals surface area (Å²) in [4.78, 5) is 4.04. The Labute approximate surface area is 85.3 Å². The van der Waals surface area contributed by atoms with E-state index in [-0.39, 0.29) is 0 Å². The van der Waals surface area contributed by atoms with Crippen LogP contribution in [0.2, 0.25) is 0 Å². The van der Waals surface area contributed by atoms with Crippen LogP contribution in [0, 0.1) is 0 Å². The SMILES string of the molecule is CC(c1ccncc1)=[N+]1CCCCC1. The first-order valence-electron chi connectivity index (χ1n) is 5.37. The minimum atomic E-state index is 1.22. The molecule has 14 heavy (non-hydrogen) atoms. The van der Waals surface area contributed by atoms with Crippen molar-refractivity contribution in [3.8, 4) is 0 Å². The van der Waals surface area contributed by atoms with Gasteiger partial charge < -0.3 is 0 Å². The lowest BCUT2D eigenvalue weighted by Gasteiger charge is -2.12. The standard InChI is InChI=1S/C12H17N2/c1-11(12-5-7-13-8-6-12)14-9-3-2-4-10-14/h5-8H,2-4,9-10H2,1H3/q+1. The van der Waals surface area contributed by atoms with E-state index in [4.69, 9.17) is 0 Å². The van der Waals surface area contributed by atoms with Crippen LogP contribution in [-0.4, -0.2) is 28.4 Å². The average molecular weight is 189 g/mol. The summed E-state index contributed by atoms with van der Waals surface area (Å²) >= 11 is 0. The summed E-state index contributed by atoms with van der Waals surface area (Å²) < 4.78 is 2.48. The van der Waals surface area contributed by atoms with E-state index < -0.39 is 0 Å². The number of rotatable bonds is 1. The number of piperidine rings is 1. The van der Waals surface area contributed by atoms with Crippen molar-refractivity contribution < 1.29 is 4.58 Å². The second kappa shape index (κ2) is 4.36. The predicted octanol–water partition coefficient (Wildman–Crippen LogP) is 2.09. The van der Waals surface area contributed by atoms with Crippen LogP contribution >= 0.6 is 0 Å². The molecule has 0 unspecified atom stereocenters. The van der Waals surface area contributed by atoms with E-state index in [9.17, 15) is 0 Å². The molecule has 0 spiro atoms. The van der Waals surface area contributed by atoms with Crippen molar-refractivity contribution in [3.05, 3.63) is 30.1 Å². The maximum atomic E-state index is 4.04. The molecule has 0 saturated carbocycles. The molecule has 1 aliphatic rings. The van der Waals surface area contributed by atoms with Gasteiger partial charge in [0.15, 0.2) is 5.71 Å². The van der Waals surface area contributed by atoms with Crippen molar-refractivity contribution in [2.24, 2.45) is 0 Å². The molecule has 1 aromatic heterocycles. The quantitative estimate of drug-likeness (QED) is 0.618. The summed E-state index contributed by atoms with van der Waals surface area (Å²) in [7, 11) is 0. The molecule has 0 N–H and O–H groups in total. The number of hydrogen-bond acceptors (Lipinski definition) is 1. The summed E-state index contributed by atoms with van der Waals surface area (Å²) in [6.07, 6.45) is 7.79. The van der Waals surface area contributed by atoms with Gasteiger partial charge in [0.1, 0.15) is 13.1 Å². The van der Waals surface area contributed by atoms with E-state index >= 15 is 0 Å². The number of hydrogen-bond donors (Lipinski definition) is 0. The summed E-state index contributed by atoms with van der Waals surface area (Å²) in [6.45, 7) is 4.64. The van der Waals surface area contributed by atoms with Crippen LogP contribution in [0.1, 0.15) is 31.7 Å². The lowest BCUT2D eigenvalue weighted by Crippen LogP contribution is -2.26. The van der Waals surface area contributed by atoms with E-state index in [0.717, 1.165) is 0 Å². The maximum absolute atomic E-state index is 4.04. The smallest absolute Gasteiger partial charge is 0.180 e. The maximum Gasteiger partial charge on any atom is 0.180 e. The normalized spacial score (nSPS) is 16.8. The fourth-order valence-corrected chi connectivity index (χ4v) is 2.01. The van der Waals surface area contributed by atoms with Gasteiger partial charge >= 0.3 is 0 Å².